The highest BCUT2D eigenvalue weighted by Crippen LogP contribution is 2.38. The van der Waals surface area contributed by atoms with Crippen LogP contribution >= 0.6 is 0 Å². The summed E-state index contributed by atoms with van der Waals surface area (Å²) in [5.74, 6) is 0.786. The third kappa shape index (κ3) is 4.08. The van der Waals surface area contributed by atoms with E-state index in [9.17, 15) is 9.18 Å². The second-order valence-electron chi connectivity index (χ2n) is 9.55. The molecule has 1 aliphatic heterocycles. The van der Waals surface area contributed by atoms with E-state index in [4.69, 9.17) is 0 Å². The summed E-state index contributed by atoms with van der Waals surface area (Å²) in [7, 11) is 0. The molecule has 0 bridgehead atoms. The average molecular weight is 447 g/mol. The fourth-order valence-electron chi connectivity index (χ4n) is 5.22. The lowest BCUT2D eigenvalue weighted by molar-refractivity contribution is -0.120. The summed E-state index contributed by atoms with van der Waals surface area (Å²) >= 11 is 0. The molecule has 0 atom stereocenters. The van der Waals surface area contributed by atoms with Gasteiger partial charge < -0.3 is 9.38 Å². The average Bonchev–Trinajstić information content (AvgIpc) is 3.44. The molecule has 4 heterocycles. The van der Waals surface area contributed by atoms with Gasteiger partial charge in [0.15, 0.2) is 11.5 Å². The number of fused-ring (bicyclic) bond motifs is 2. The number of H-pyrrole nitrogens is 1. The van der Waals surface area contributed by atoms with Gasteiger partial charge in [-0.15, -0.1) is 0 Å². The van der Waals surface area contributed by atoms with E-state index in [1.165, 1.54) is 16.5 Å². The quantitative estimate of drug-likeness (QED) is 0.401. The van der Waals surface area contributed by atoms with Crippen LogP contribution in [0.3, 0.4) is 0 Å². The maximum absolute atomic E-state index is 14.7. The number of aromatic nitrogens is 3. The number of imidazole rings is 1. The van der Waals surface area contributed by atoms with Crippen molar-refractivity contribution < 1.29 is 9.18 Å². The molecule has 0 saturated carbocycles. The first-order chi connectivity index (χ1) is 15.9. The van der Waals surface area contributed by atoms with Crippen LogP contribution in [0.1, 0.15) is 63.0 Å². The van der Waals surface area contributed by atoms with Crippen molar-refractivity contribution in [1.82, 2.24) is 19.3 Å². The normalized spacial score (nSPS) is 15.8. The van der Waals surface area contributed by atoms with Gasteiger partial charge in [0.1, 0.15) is 5.78 Å². The highest BCUT2D eigenvalue weighted by Gasteiger charge is 2.24. The van der Waals surface area contributed by atoms with E-state index >= 15 is 0 Å². The minimum absolute atomic E-state index is 0.285. The zero-order valence-corrected chi connectivity index (χ0v) is 19.6. The van der Waals surface area contributed by atoms with Crippen LogP contribution in [0.4, 0.5) is 4.39 Å². The Hall–Kier alpha value is -2.99. The first-order valence-corrected chi connectivity index (χ1v) is 12.0. The van der Waals surface area contributed by atoms with Crippen LogP contribution in [0.2, 0.25) is 0 Å². The number of rotatable bonds is 6. The molecule has 0 aliphatic carbocycles. The predicted molar refractivity (Wildman–Crippen MR) is 130 cm³/mol. The molecule has 3 aromatic heterocycles. The van der Waals surface area contributed by atoms with Gasteiger partial charge in [-0.05, 0) is 67.1 Å². The number of ketones is 1. The second kappa shape index (κ2) is 8.75. The maximum Gasteiger partial charge on any atom is 0.173 e. The Labute approximate surface area is 193 Å². The molecule has 172 valence electrons. The SMILES string of the molecule is CCC(=O)CN1CCC(c2ccc3[nH]c(-c4cc(F)c5nccn5c4)c(C(C)C)c3c2)CC1. The van der Waals surface area contributed by atoms with Gasteiger partial charge in [0.2, 0.25) is 0 Å². The van der Waals surface area contributed by atoms with Gasteiger partial charge in [0.05, 0.1) is 12.2 Å². The predicted octanol–water partition coefficient (Wildman–Crippen LogP) is 5.90. The van der Waals surface area contributed by atoms with Crippen LogP contribution in [0.15, 0.2) is 42.9 Å². The van der Waals surface area contributed by atoms with E-state index in [0.717, 1.165) is 42.7 Å². The lowest BCUT2D eigenvalue weighted by Crippen LogP contribution is -2.36. The van der Waals surface area contributed by atoms with E-state index in [-0.39, 0.29) is 11.7 Å². The molecule has 0 spiro atoms. The molecule has 0 amide bonds. The number of carbonyl (C=O) groups is 1. The van der Waals surface area contributed by atoms with Gasteiger partial charge >= 0.3 is 0 Å². The Kier molecular flexibility index (Phi) is 5.79. The first kappa shape index (κ1) is 21.8. The van der Waals surface area contributed by atoms with Crippen molar-refractivity contribution in [3.63, 3.8) is 0 Å². The summed E-state index contributed by atoms with van der Waals surface area (Å²) in [6.07, 6.45) is 8.08. The van der Waals surface area contributed by atoms with Gasteiger partial charge in [-0.2, -0.15) is 0 Å². The number of carbonyl (C=O) groups excluding carboxylic acids is 1. The second-order valence-corrected chi connectivity index (χ2v) is 9.55. The number of aromatic amines is 1. The fraction of sp³-hybridized carbons (Fsp3) is 0.407. The number of likely N-dealkylation sites (tertiary alicyclic amines) is 1. The van der Waals surface area contributed by atoms with Gasteiger partial charge in [-0.25, -0.2) is 9.37 Å². The van der Waals surface area contributed by atoms with Crippen molar-refractivity contribution in [2.75, 3.05) is 19.6 Å². The zero-order chi connectivity index (χ0) is 23.1. The molecule has 0 unspecified atom stereocenters. The third-order valence-electron chi connectivity index (χ3n) is 7.02. The molecule has 5 rings (SSSR count). The van der Waals surface area contributed by atoms with Crippen LogP contribution in [0.25, 0.3) is 27.8 Å². The van der Waals surface area contributed by atoms with E-state index < -0.39 is 0 Å². The Morgan fingerprint density at radius 3 is 2.76 bits per heavy atom. The molecule has 4 aromatic rings. The Morgan fingerprint density at radius 2 is 2.03 bits per heavy atom. The van der Waals surface area contributed by atoms with Gasteiger partial charge in [-0.3, -0.25) is 9.69 Å². The molecule has 6 heteroatoms. The number of nitrogens with zero attached hydrogens (tertiary/aromatic N) is 3. The van der Waals surface area contributed by atoms with Crippen LogP contribution in [-0.2, 0) is 4.79 Å². The van der Waals surface area contributed by atoms with E-state index in [0.29, 0.717) is 30.3 Å². The lowest BCUT2D eigenvalue weighted by Gasteiger charge is -2.31. The Morgan fingerprint density at radius 1 is 1.24 bits per heavy atom. The first-order valence-electron chi connectivity index (χ1n) is 12.0. The molecular weight excluding hydrogens is 415 g/mol. The molecule has 1 N–H and O–H groups in total. The van der Waals surface area contributed by atoms with E-state index in [1.807, 2.05) is 13.1 Å². The number of halogens is 1. The molecule has 1 aliphatic rings. The molecule has 0 radical (unpaired) electrons. The number of hydrogen-bond donors (Lipinski definition) is 1. The lowest BCUT2D eigenvalue weighted by atomic mass is 9.87. The van der Waals surface area contributed by atoms with Crippen molar-refractivity contribution in [2.45, 2.75) is 51.9 Å². The number of nitrogens with one attached hydrogen (secondary N) is 1. The number of piperidine rings is 1. The van der Waals surface area contributed by atoms with Crippen LogP contribution in [0.5, 0.6) is 0 Å². The number of Topliss-reactive ketones (excluding diaryl/α,β-unsaturated/α-hetero) is 1. The topological polar surface area (TPSA) is 53.4 Å². The summed E-state index contributed by atoms with van der Waals surface area (Å²) in [4.78, 5) is 21.8. The molecule has 1 fully saturated rings. The highest BCUT2D eigenvalue weighted by atomic mass is 19.1. The van der Waals surface area contributed by atoms with Crippen molar-refractivity contribution in [3.05, 3.63) is 59.8 Å². The zero-order valence-electron chi connectivity index (χ0n) is 19.6. The van der Waals surface area contributed by atoms with Crippen LogP contribution in [0, 0.1) is 5.82 Å². The number of pyridine rings is 1. The van der Waals surface area contributed by atoms with Crippen LogP contribution < -0.4 is 0 Å². The van der Waals surface area contributed by atoms with Gasteiger partial charge in [0.25, 0.3) is 0 Å². The van der Waals surface area contributed by atoms with Crippen molar-refractivity contribution >= 4 is 22.3 Å². The molecule has 1 aromatic carbocycles. The Balaban J connectivity index is 1.48. The third-order valence-corrected chi connectivity index (χ3v) is 7.02. The molecule has 1 saturated heterocycles. The van der Waals surface area contributed by atoms with E-state index in [1.54, 1.807) is 22.9 Å². The van der Waals surface area contributed by atoms with Crippen molar-refractivity contribution in [2.24, 2.45) is 0 Å². The fourth-order valence-corrected chi connectivity index (χ4v) is 5.22. The van der Waals surface area contributed by atoms with Crippen molar-refractivity contribution in [1.29, 1.82) is 0 Å². The smallest absolute Gasteiger partial charge is 0.173 e. The van der Waals surface area contributed by atoms with Crippen molar-refractivity contribution in [3.8, 4) is 11.3 Å². The largest absolute Gasteiger partial charge is 0.354 e. The maximum atomic E-state index is 14.7. The Bertz CT molecular complexity index is 1310. The summed E-state index contributed by atoms with van der Waals surface area (Å²) in [5.41, 5.74) is 5.79. The summed E-state index contributed by atoms with van der Waals surface area (Å²) < 4.78 is 16.4. The van der Waals surface area contributed by atoms with E-state index in [2.05, 4.69) is 46.9 Å². The summed E-state index contributed by atoms with van der Waals surface area (Å²) in [5, 5.41) is 1.22. The van der Waals surface area contributed by atoms with Gasteiger partial charge in [-0.1, -0.05) is 26.8 Å². The minimum atomic E-state index is -0.320. The van der Waals surface area contributed by atoms with Gasteiger partial charge in [0, 0.05) is 41.5 Å². The highest BCUT2D eigenvalue weighted by molar-refractivity contribution is 5.92. The molecule has 5 nitrogen and oxygen atoms in total. The molecular formula is C27H31FN4O. The minimum Gasteiger partial charge on any atom is -0.354 e. The summed E-state index contributed by atoms with van der Waals surface area (Å²) in [6.45, 7) is 8.83. The monoisotopic (exact) mass is 446 g/mol. The standard InChI is InChI=1S/C27H31FN4O/c1-4-21(33)16-31-10-7-18(8-11-31)19-5-6-24-22(13-19)25(17(2)3)26(30-24)20-14-23(28)27-29-9-12-32(27)15-20/h5-6,9,12-15,17-18,30H,4,7-8,10-11,16H2,1-3H3. The van der Waals surface area contributed by atoms with Crippen LogP contribution in [-0.4, -0.2) is 44.7 Å². The number of benzene rings is 1. The number of hydrogen-bond acceptors (Lipinski definition) is 3. The molecule has 33 heavy (non-hydrogen) atoms. The summed E-state index contributed by atoms with van der Waals surface area (Å²) in [6, 6.07) is 8.30.